The van der Waals surface area contributed by atoms with E-state index in [0.29, 0.717) is 24.5 Å². The maximum atomic E-state index is 12.8. The van der Waals surface area contributed by atoms with Crippen molar-refractivity contribution in [1.29, 1.82) is 0 Å². The number of aliphatic hydroxyl groups is 1. The number of carbonyl (C=O) groups is 1. The van der Waals surface area contributed by atoms with Crippen LogP contribution in [0.2, 0.25) is 0 Å². The summed E-state index contributed by atoms with van der Waals surface area (Å²) >= 11 is 0. The molecule has 0 saturated carbocycles. The van der Waals surface area contributed by atoms with E-state index >= 15 is 0 Å². The largest absolute Gasteiger partial charge is 0.507 e. The van der Waals surface area contributed by atoms with E-state index in [0.717, 1.165) is 16.9 Å². The molecule has 0 unspecified atom stereocenters. The van der Waals surface area contributed by atoms with Crippen LogP contribution in [-0.4, -0.2) is 39.9 Å². The van der Waals surface area contributed by atoms with Gasteiger partial charge in [-0.2, -0.15) is 0 Å². The highest BCUT2D eigenvalue weighted by Crippen LogP contribution is 2.47. The first-order chi connectivity index (χ1) is 12.7. The van der Waals surface area contributed by atoms with E-state index in [1.54, 1.807) is 0 Å². The fourth-order valence-corrected chi connectivity index (χ4v) is 3.51. The Hall–Kier alpha value is -3.02. The highest BCUT2D eigenvalue weighted by Gasteiger charge is 2.41. The number of allylic oxidation sites excluding steroid dienone is 4. The normalized spacial score (nSPS) is 19.6. The lowest BCUT2D eigenvalue weighted by molar-refractivity contribution is -0.111. The minimum Gasteiger partial charge on any atom is -0.507 e. The zero-order valence-corrected chi connectivity index (χ0v) is 16.2. The number of carbonyl (C=O) groups excluding carboxylic acids is 1. The lowest BCUT2D eigenvalue weighted by atomic mass is 9.80. The van der Waals surface area contributed by atoms with Crippen LogP contribution in [0.4, 0.5) is 5.69 Å². The summed E-state index contributed by atoms with van der Waals surface area (Å²) in [7, 11) is 0. The first kappa shape index (κ1) is 18.8. The predicted octanol–water partition coefficient (Wildman–Crippen LogP) is 3.86. The number of anilines is 1. The first-order valence-corrected chi connectivity index (χ1v) is 9.00. The van der Waals surface area contributed by atoms with E-state index in [-0.39, 0.29) is 34.0 Å². The summed E-state index contributed by atoms with van der Waals surface area (Å²) in [5.74, 6) is -1.17. The molecule has 3 N–H and O–H groups in total. The van der Waals surface area contributed by atoms with Gasteiger partial charge in [0.15, 0.2) is 0 Å². The molecule has 0 atom stereocenters. The number of aliphatic hydroxyl groups excluding tert-OH is 1. The number of Topliss-reactive ketones (excluding diaryl/α,β-unsaturated/α-hetero) is 1. The molecule has 2 aliphatic rings. The number of aromatic hydroxyl groups is 2. The fourth-order valence-electron chi connectivity index (χ4n) is 3.51. The van der Waals surface area contributed by atoms with Crippen molar-refractivity contribution in [3.63, 3.8) is 0 Å². The van der Waals surface area contributed by atoms with Gasteiger partial charge in [0, 0.05) is 36.6 Å². The van der Waals surface area contributed by atoms with Crippen LogP contribution in [0.25, 0.3) is 5.57 Å². The van der Waals surface area contributed by atoms with E-state index in [2.05, 4.69) is 4.99 Å². The molecule has 0 aromatic heterocycles. The molecular formula is C21H24N2O4. The maximum Gasteiger partial charge on any atom is 0.203 e. The molecule has 0 spiro atoms. The van der Waals surface area contributed by atoms with Gasteiger partial charge in [0.25, 0.3) is 0 Å². The molecule has 0 saturated heterocycles. The first-order valence-electron chi connectivity index (χ1n) is 9.00. The van der Waals surface area contributed by atoms with E-state index in [1.165, 1.54) is 12.1 Å². The highest BCUT2D eigenvalue weighted by molar-refractivity contribution is 6.40. The molecule has 0 amide bonds. The molecule has 3 rings (SSSR count). The smallest absolute Gasteiger partial charge is 0.203 e. The van der Waals surface area contributed by atoms with Crippen molar-refractivity contribution in [2.24, 2.45) is 4.99 Å². The van der Waals surface area contributed by atoms with E-state index < -0.39 is 5.78 Å². The van der Waals surface area contributed by atoms with Crippen LogP contribution in [0.5, 0.6) is 11.5 Å². The summed E-state index contributed by atoms with van der Waals surface area (Å²) < 4.78 is 0. The monoisotopic (exact) mass is 368 g/mol. The van der Waals surface area contributed by atoms with E-state index in [9.17, 15) is 20.1 Å². The van der Waals surface area contributed by atoms with Crippen LogP contribution < -0.4 is 4.90 Å². The van der Waals surface area contributed by atoms with Crippen LogP contribution >= 0.6 is 0 Å². The van der Waals surface area contributed by atoms with Gasteiger partial charge in [-0.25, -0.2) is 0 Å². The summed E-state index contributed by atoms with van der Waals surface area (Å²) in [6.45, 7) is 11.0. The van der Waals surface area contributed by atoms with Crippen molar-refractivity contribution >= 4 is 22.8 Å². The van der Waals surface area contributed by atoms with Gasteiger partial charge >= 0.3 is 0 Å². The molecule has 1 aliphatic carbocycles. The molecule has 142 valence electrons. The van der Waals surface area contributed by atoms with E-state index in [1.807, 2.05) is 39.5 Å². The molecule has 0 fully saturated rings. The van der Waals surface area contributed by atoms with Gasteiger partial charge in [0.05, 0.1) is 22.4 Å². The summed E-state index contributed by atoms with van der Waals surface area (Å²) in [5.41, 5.74) is 3.72. The van der Waals surface area contributed by atoms with E-state index in [4.69, 9.17) is 0 Å². The number of ketones is 1. The molecule has 0 bridgehead atoms. The number of benzene rings is 1. The Balaban J connectivity index is 2.12. The number of nitrogens with zero attached hydrogens (tertiary/aromatic N) is 2. The van der Waals surface area contributed by atoms with Crippen LogP contribution in [0, 0.1) is 0 Å². The standard InChI is InChI=1S/C21H24N2O4/c1-6-23(7-2)13-8-14(24)16(15(25)9-13)17-20(26)18(21(17)27)19-11(4)10(3)12(5)22-19/h8-9,24-26H,6-7H2,1-5H3. The van der Waals surface area contributed by atoms with Gasteiger partial charge in [-0.15, -0.1) is 0 Å². The van der Waals surface area contributed by atoms with Crippen molar-refractivity contribution in [3.05, 3.63) is 45.9 Å². The minimum atomic E-state index is -0.436. The van der Waals surface area contributed by atoms with Crippen molar-refractivity contribution in [2.75, 3.05) is 18.0 Å². The molecule has 1 aromatic rings. The Kier molecular flexibility index (Phi) is 4.59. The second-order valence-electron chi connectivity index (χ2n) is 6.75. The van der Waals surface area contributed by atoms with Gasteiger partial charge in [-0.3, -0.25) is 9.79 Å². The van der Waals surface area contributed by atoms with Crippen LogP contribution in [0.3, 0.4) is 0 Å². The summed E-state index contributed by atoms with van der Waals surface area (Å²) in [4.78, 5) is 19.1. The SMILES string of the molecule is CCN(CC)c1cc(O)c(C2=C(O)C(=C3N=C(C)C(C)=C3C)C2=O)c(O)c1. The molecule has 1 heterocycles. The number of rotatable bonds is 4. The summed E-state index contributed by atoms with van der Waals surface area (Å²) in [6.07, 6.45) is 0. The molecule has 6 nitrogen and oxygen atoms in total. The number of phenolic OH excluding ortho intramolecular Hbond substituents is 2. The molecule has 27 heavy (non-hydrogen) atoms. The third-order valence-electron chi connectivity index (χ3n) is 5.36. The number of hydrogen-bond acceptors (Lipinski definition) is 6. The fraction of sp³-hybridized carbons (Fsp3) is 0.333. The second-order valence-corrected chi connectivity index (χ2v) is 6.75. The lowest BCUT2D eigenvalue weighted by Crippen LogP contribution is -2.24. The quantitative estimate of drug-likeness (QED) is 0.702. The Labute approximate surface area is 158 Å². The van der Waals surface area contributed by atoms with Crippen molar-refractivity contribution in [1.82, 2.24) is 0 Å². The number of aliphatic imine (C=N–C) groups is 1. The van der Waals surface area contributed by atoms with Crippen LogP contribution in [0.1, 0.15) is 40.2 Å². The molecule has 1 aromatic carbocycles. The van der Waals surface area contributed by atoms with Gasteiger partial charge < -0.3 is 20.2 Å². The van der Waals surface area contributed by atoms with Gasteiger partial charge in [0.2, 0.25) is 5.78 Å². The van der Waals surface area contributed by atoms with Crippen molar-refractivity contribution in [3.8, 4) is 11.5 Å². The lowest BCUT2D eigenvalue weighted by Gasteiger charge is -2.26. The topological polar surface area (TPSA) is 93.4 Å². The zero-order valence-electron chi connectivity index (χ0n) is 16.2. The molecule has 0 radical (unpaired) electrons. The molecule has 6 heteroatoms. The average Bonchev–Trinajstić information content (AvgIpc) is 2.86. The molecule has 1 aliphatic heterocycles. The third-order valence-corrected chi connectivity index (χ3v) is 5.36. The summed E-state index contributed by atoms with van der Waals surface area (Å²) in [5, 5.41) is 31.4. The Morgan fingerprint density at radius 3 is 1.89 bits per heavy atom. The van der Waals surface area contributed by atoms with Gasteiger partial charge in [-0.05, 0) is 45.8 Å². The minimum absolute atomic E-state index is 0.0465. The second kappa shape index (κ2) is 6.61. The third kappa shape index (κ3) is 2.72. The van der Waals surface area contributed by atoms with Gasteiger partial charge in [-0.1, -0.05) is 0 Å². The highest BCUT2D eigenvalue weighted by atomic mass is 16.3. The predicted molar refractivity (Wildman–Crippen MR) is 106 cm³/mol. The number of phenols is 2. The van der Waals surface area contributed by atoms with Crippen molar-refractivity contribution < 1.29 is 20.1 Å². The van der Waals surface area contributed by atoms with Crippen LogP contribution in [-0.2, 0) is 4.79 Å². The zero-order chi connectivity index (χ0) is 20.0. The Bertz CT molecular complexity index is 953. The van der Waals surface area contributed by atoms with Crippen molar-refractivity contribution in [2.45, 2.75) is 34.6 Å². The molecular weight excluding hydrogens is 344 g/mol. The Morgan fingerprint density at radius 1 is 0.926 bits per heavy atom. The van der Waals surface area contributed by atoms with Crippen LogP contribution in [0.15, 0.2) is 45.3 Å². The van der Waals surface area contributed by atoms with Gasteiger partial charge in [0.1, 0.15) is 17.3 Å². The maximum absolute atomic E-state index is 12.8. The Morgan fingerprint density at radius 2 is 1.48 bits per heavy atom. The average molecular weight is 368 g/mol. The summed E-state index contributed by atoms with van der Waals surface area (Å²) in [6, 6.07) is 2.99. The number of hydrogen-bond donors (Lipinski definition) is 3.